The van der Waals surface area contributed by atoms with Crippen molar-refractivity contribution in [3.05, 3.63) is 58.6 Å². The van der Waals surface area contributed by atoms with E-state index in [1.165, 1.54) is 32.2 Å². The Morgan fingerprint density at radius 3 is 2.48 bits per heavy atom. The van der Waals surface area contributed by atoms with Gasteiger partial charge in [-0.2, -0.15) is 0 Å². The van der Waals surface area contributed by atoms with E-state index in [0.29, 0.717) is 0 Å². The third-order valence-corrected chi connectivity index (χ3v) is 3.54. The Hall–Kier alpha value is -2.67. The maximum atomic E-state index is 13.6. The molecule has 0 bridgehead atoms. The highest BCUT2D eigenvalue weighted by atomic mass is 35.5. The van der Waals surface area contributed by atoms with Crippen LogP contribution in [0.1, 0.15) is 17.3 Å². The highest BCUT2D eigenvalue weighted by Gasteiger charge is 2.20. The highest BCUT2D eigenvalue weighted by molar-refractivity contribution is 6.33. The second-order valence-electron chi connectivity index (χ2n) is 5.01. The Morgan fingerprint density at radius 2 is 1.88 bits per heavy atom. The summed E-state index contributed by atoms with van der Waals surface area (Å²) in [6.45, 7) is 1.34. The van der Waals surface area contributed by atoms with E-state index < -0.39 is 29.6 Å². The summed E-state index contributed by atoms with van der Waals surface area (Å²) in [5.74, 6) is -2.85. The van der Waals surface area contributed by atoms with Crippen molar-refractivity contribution in [3.8, 4) is 5.75 Å². The van der Waals surface area contributed by atoms with Gasteiger partial charge in [0.2, 0.25) is 0 Å². The van der Waals surface area contributed by atoms with Gasteiger partial charge in [0, 0.05) is 0 Å². The summed E-state index contributed by atoms with van der Waals surface area (Å²) in [5.41, 5.74) is 0.101. The Balaban J connectivity index is 2.02. The lowest BCUT2D eigenvalue weighted by molar-refractivity contribution is -0.123. The van der Waals surface area contributed by atoms with E-state index in [9.17, 15) is 18.4 Å². The first-order valence-electron chi connectivity index (χ1n) is 7.12. The number of ether oxygens (including phenoxy) is 2. The van der Waals surface area contributed by atoms with Gasteiger partial charge in [-0.05, 0) is 43.3 Å². The lowest BCUT2D eigenvalue weighted by Crippen LogP contribution is -2.30. The van der Waals surface area contributed by atoms with Crippen LogP contribution in [0.25, 0.3) is 0 Å². The van der Waals surface area contributed by atoms with Crippen LogP contribution in [-0.2, 0) is 9.53 Å². The van der Waals surface area contributed by atoms with E-state index in [1.807, 2.05) is 0 Å². The normalized spacial score (nSPS) is 11.6. The molecular weight excluding hydrogens is 356 g/mol. The summed E-state index contributed by atoms with van der Waals surface area (Å²) < 4.78 is 36.3. The minimum atomic E-state index is -1.18. The highest BCUT2D eigenvalue weighted by Crippen LogP contribution is 2.23. The van der Waals surface area contributed by atoms with E-state index in [-0.39, 0.29) is 22.0 Å². The predicted octanol–water partition coefficient (Wildman–Crippen LogP) is 3.81. The van der Waals surface area contributed by atoms with Crippen LogP contribution in [-0.4, -0.2) is 25.1 Å². The molecule has 0 saturated heterocycles. The monoisotopic (exact) mass is 369 g/mol. The lowest BCUT2D eigenvalue weighted by Gasteiger charge is -2.14. The van der Waals surface area contributed by atoms with Crippen molar-refractivity contribution in [2.45, 2.75) is 13.0 Å². The number of rotatable bonds is 5. The maximum Gasteiger partial charge on any atom is 0.339 e. The second kappa shape index (κ2) is 7.94. The first-order chi connectivity index (χ1) is 11.8. The molecule has 1 N–H and O–H groups in total. The number of hydrogen-bond acceptors (Lipinski definition) is 4. The molecule has 5 nitrogen and oxygen atoms in total. The number of esters is 1. The van der Waals surface area contributed by atoms with Gasteiger partial charge in [0.25, 0.3) is 5.91 Å². The van der Waals surface area contributed by atoms with Crippen molar-refractivity contribution >= 4 is 29.2 Å². The van der Waals surface area contributed by atoms with E-state index in [2.05, 4.69) is 5.32 Å². The molecule has 0 unspecified atom stereocenters. The molecule has 2 aromatic carbocycles. The van der Waals surface area contributed by atoms with Crippen molar-refractivity contribution < 1.29 is 27.8 Å². The number of carbonyl (C=O) groups excluding carboxylic acids is 2. The number of anilines is 1. The molecule has 0 aromatic heterocycles. The Bertz CT molecular complexity index is 813. The molecule has 0 spiro atoms. The number of carbonyl (C=O) groups is 2. The summed E-state index contributed by atoms with van der Waals surface area (Å²) in [4.78, 5) is 24.0. The third kappa shape index (κ3) is 4.67. The van der Waals surface area contributed by atoms with Gasteiger partial charge in [0.15, 0.2) is 17.7 Å². The summed E-state index contributed by atoms with van der Waals surface area (Å²) in [7, 11) is 1.30. The third-order valence-electron chi connectivity index (χ3n) is 3.23. The van der Waals surface area contributed by atoms with Crippen LogP contribution >= 0.6 is 11.6 Å². The van der Waals surface area contributed by atoms with Gasteiger partial charge in [0.05, 0.1) is 23.4 Å². The molecule has 132 valence electrons. The topological polar surface area (TPSA) is 64.6 Å². The molecule has 2 rings (SSSR count). The number of hydrogen-bond donors (Lipinski definition) is 1. The second-order valence-corrected chi connectivity index (χ2v) is 5.42. The molecule has 0 aliphatic carbocycles. The largest absolute Gasteiger partial charge is 0.494 e. The molecule has 2 aromatic rings. The Kier molecular flexibility index (Phi) is 5.93. The minimum Gasteiger partial charge on any atom is -0.494 e. The average Bonchev–Trinajstić information content (AvgIpc) is 2.57. The first-order valence-corrected chi connectivity index (χ1v) is 7.50. The van der Waals surface area contributed by atoms with Crippen LogP contribution in [0.3, 0.4) is 0 Å². The molecule has 1 atom stereocenters. The van der Waals surface area contributed by atoms with Gasteiger partial charge in [-0.3, -0.25) is 4.79 Å². The summed E-state index contributed by atoms with van der Waals surface area (Å²) in [6.07, 6.45) is -1.18. The number of halogens is 3. The molecule has 0 radical (unpaired) electrons. The average molecular weight is 370 g/mol. The van der Waals surface area contributed by atoms with Gasteiger partial charge in [0.1, 0.15) is 5.82 Å². The van der Waals surface area contributed by atoms with Gasteiger partial charge in [-0.15, -0.1) is 0 Å². The Labute approximate surface area is 147 Å². The summed E-state index contributed by atoms with van der Waals surface area (Å²) >= 11 is 5.81. The molecule has 0 heterocycles. The zero-order valence-corrected chi connectivity index (χ0v) is 14.1. The standard InChI is InChI=1S/C17H14ClF2NO4/c1-9(16(22)21-14-5-4-11(19)8-12(14)18)25-17(23)10-3-6-15(24-2)13(20)7-10/h3-9H,1-2H3,(H,21,22)/t9-/m0/s1. The van der Waals surface area contributed by atoms with Crippen molar-refractivity contribution in [1.82, 2.24) is 0 Å². The molecule has 25 heavy (non-hydrogen) atoms. The predicted molar refractivity (Wildman–Crippen MR) is 87.9 cm³/mol. The minimum absolute atomic E-state index is 0.00380. The number of methoxy groups -OCH3 is 1. The van der Waals surface area contributed by atoms with Crippen molar-refractivity contribution in [2.24, 2.45) is 0 Å². The maximum absolute atomic E-state index is 13.6. The fourth-order valence-corrected chi connectivity index (χ4v) is 2.12. The molecule has 0 saturated carbocycles. The number of amides is 1. The van der Waals surface area contributed by atoms with Gasteiger partial charge in [-0.25, -0.2) is 13.6 Å². The van der Waals surface area contributed by atoms with Crippen molar-refractivity contribution in [2.75, 3.05) is 12.4 Å². The zero-order valence-electron chi connectivity index (χ0n) is 13.3. The first kappa shape index (κ1) is 18.7. The Morgan fingerprint density at radius 1 is 1.16 bits per heavy atom. The quantitative estimate of drug-likeness (QED) is 0.814. The van der Waals surface area contributed by atoms with Crippen LogP contribution in [0.5, 0.6) is 5.75 Å². The van der Waals surface area contributed by atoms with E-state index in [0.717, 1.165) is 18.2 Å². The van der Waals surface area contributed by atoms with Crippen LogP contribution in [0.15, 0.2) is 36.4 Å². The fraction of sp³-hybridized carbons (Fsp3) is 0.176. The van der Waals surface area contributed by atoms with Crippen LogP contribution < -0.4 is 10.1 Å². The van der Waals surface area contributed by atoms with Crippen LogP contribution in [0, 0.1) is 11.6 Å². The van der Waals surface area contributed by atoms with E-state index in [4.69, 9.17) is 21.1 Å². The fourth-order valence-electron chi connectivity index (χ4n) is 1.90. The molecular formula is C17H14ClF2NO4. The van der Waals surface area contributed by atoms with Gasteiger partial charge in [-0.1, -0.05) is 11.6 Å². The zero-order chi connectivity index (χ0) is 18.6. The number of benzene rings is 2. The summed E-state index contributed by atoms with van der Waals surface area (Å²) in [6, 6.07) is 6.97. The molecule has 0 aliphatic rings. The lowest BCUT2D eigenvalue weighted by atomic mass is 10.2. The molecule has 0 aliphatic heterocycles. The van der Waals surface area contributed by atoms with E-state index in [1.54, 1.807) is 0 Å². The van der Waals surface area contributed by atoms with Gasteiger partial charge >= 0.3 is 5.97 Å². The van der Waals surface area contributed by atoms with Crippen molar-refractivity contribution in [1.29, 1.82) is 0 Å². The van der Waals surface area contributed by atoms with Gasteiger partial charge < -0.3 is 14.8 Å². The van der Waals surface area contributed by atoms with Crippen LogP contribution in [0.4, 0.5) is 14.5 Å². The summed E-state index contributed by atoms with van der Waals surface area (Å²) in [5, 5.41) is 2.42. The molecule has 1 amide bonds. The van der Waals surface area contributed by atoms with Crippen molar-refractivity contribution in [3.63, 3.8) is 0 Å². The SMILES string of the molecule is COc1ccc(C(=O)O[C@@H](C)C(=O)Nc2ccc(F)cc2Cl)cc1F. The van der Waals surface area contributed by atoms with Crippen LogP contribution in [0.2, 0.25) is 5.02 Å². The van der Waals surface area contributed by atoms with E-state index >= 15 is 0 Å². The molecule has 0 fully saturated rings. The molecule has 8 heteroatoms. The number of nitrogens with one attached hydrogen (secondary N) is 1. The smallest absolute Gasteiger partial charge is 0.339 e.